The lowest BCUT2D eigenvalue weighted by atomic mass is 9.93. The van der Waals surface area contributed by atoms with Gasteiger partial charge in [-0.3, -0.25) is 4.98 Å². The van der Waals surface area contributed by atoms with E-state index in [1.807, 2.05) is 23.8 Å². The maximum absolute atomic E-state index is 4.60. The Hall–Kier alpha value is -2.92. The van der Waals surface area contributed by atoms with Crippen molar-refractivity contribution >= 4 is 33.1 Å². The summed E-state index contributed by atoms with van der Waals surface area (Å²) < 4.78 is 0. The number of hydrogen-bond acceptors (Lipinski definition) is 5. The van der Waals surface area contributed by atoms with Crippen molar-refractivity contribution in [2.45, 2.75) is 13.0 Å². The van der Waals surface area contributed by atoms with E-state index in [1.54, 1.807) is 11.3 Å². The van der Waals surface area contributed by atoms with Crippen molar-refractivity contribution in [1.29, 1.82) is 0 Å². The lowest BCUT2D eigenvalue weighted by molar-refractivity contribution is 0.924. The number of nitrogens with one attached hydrogen (secondary N) is 1. The molecule has 1 N–H and O–H groups in total. The number of aromatic nitrogens is 2. The van der Waals surface area contributed by atoms with E-state index in [1.165, 1.54) is 22.4 Å². The van der Waals surface area contributed by atoms with Crippen LogP contribution in [0, 0.1) is 6.92 Å². The monoisotopic (exact) mass is 374 g/mol. The molecule has 0 bridgehead atoms. The summed E-state index contributed by atoms with van der Waals surface area (Å²) >= 11 is 1.61. The molecule has 4 nitrogen and oxygen atoms in total. The first-order valence-electron chi connectivity index (χ1n) is 8.91. The summed E-state index contributed by atoms with van der Waals surface area (Å²) in [4.78, 5) is 11.1. The molecule has 0 spiro atoms. The van der Waals surface area contributed by atoms with Gasteiger partial charge in [-0.25, -0.2) is 4.98 Å². The highest BCUT2D eigenvalue weighted by atomic mass is 32.1. The molecular weight excluding hydrogens is 352 g/mol. The summed E-state index contributed by atoms with van der Waals surface area (Å²) in [5.74, 6) is 0. The predicted octanol–water partition coefficient (Wildman–Crippen LogP) is 5.27. The van der Waals surface area contributed by atoms with Crippen LogP contribution < -0.4 is 10.2 Å². The number of benzene rings is 2. The van der Waals surface area contributed by atoms with E-state index in [2.05, 4.69) is 83.7 Å². The molecule has 0 aliphatic rings. The molecule has 2 heterocycles. The minimum atomic E-state index is 0.0127. The first-order chi connectivity index (χ1) is 13.1. The van der Waals surface area contributed by atoms with Crippen molar-refractivity contribution in [3.05, 3.63) is 83.0 Å². The van der Waals surface area contributed by atoms with E-state index in [-0.39, 0.29) is 6.04 Å². The van der Waals surface area contributed by atoms with E-state index in [0.717, 1.165) is 16.0 Å². The van der Waals surface area contributed by atoms with Gasteiger partial charge < -0.3 is 10.2 Å². The smallest absolute Gasteiger partial charge is 0.183 e. The van der Waals surface area contributed by atoms with Crippen LogP contribution >= 0.6 is 11.3 Å². The Morgan fingerprint density at radius 3 is 2.48 bits per heavy atom. The predicted molar refractivity (Wildman–Crippen MR) is 115 cm³/mol. The molecule has 0 fully saturated rings. The Balaban J connectivity index is 1.81. The largest absolute Gasteiger partial charge is 0.378 e. The number of thiazole rings is 1. The van der Waals surface area contributed by atoms with Gasteiger partial charge in [-0.2, -0.15) is 0 Å². The molecule has 136 valence electrons. The fourth-order valence-corrected chi connectivity index (χ4v) is 3.90. The summed E-state index contributed by atoms with van der Waals surface area (Å²) in [6, 6.07) is 17.1. The topological polar surface area (TPSA) is 41.1 Å². The van der Waals surface area contributed by atoms with Crippen molar-refractivity contribution in [1.82, 2.24) is 9.97 Å². The molecule has 0 radical (unpaired) electrons. The molecule has 4 aromatic rings. The fraction of sp³-hybridized carbons (Fsp3) is 0.182. The van der Waals surface area contributed by atoms with E-state index >= 15 is 0 Å². The third-order valence-corrected chi connectivity index (χ3v) is 5.53. The van der Waals surface area contributed by atoms with Gasteiger partial charge in [0.2, 0.25) is 0 Å². The SMILES string of the molecule is Cc1c(C(Nc2nccs2)c2ccc(N(C)C)cc2)ccc2cccnc12. The Bertz CT molecular complexity index is 1040. The lowest BCUT2D eigenvalue weighted by Gasteiger charge is -2.23. The molecule has 1 atom stereocenters. The minimum Gasteiger partial charge on any atom is -0.378 e. The van der Waals surface area contributed by atoms with Crippen molar-refractivity contribution in [3.63, 3.8) is 0 Å². The standard InChI is InChI=1S/C22H22N4S/c1-15-19(11-8-16-5-4-12-23-20(15)16)21(25-22-24-13-14-27-22)17-6-9-18(10-7-17)26(2)3/h4-14,21H,1-3H3,(H,24,25). The average Bonchev–Trinajstić information content (AvgIpc) is 3.20. The third-order valence-electron chi connectivity index (χ3n) is 4.82. The zero-order chi connectivity index (χ0) is 18.8. The van der Waals surface area contributed by atoms with Gasteiger partial charge in [0, 0.05) is 42.9 Å². The molecule has 0 saturated carbocycles. The van der Waals surface area contributed by atoms with Crippen molar-refractivity contribution in [2.24, 2.45) is 0 Å². The molecule has 27 heavy (non-hydrogen) atoms. The zero-order valence-corrected chi connectivity index (χ0v) is 16.5. The van der Waals surface area contributed by atoms with E-state index in [4.69, 9.17) is 0 Å². The molecular formula is C22H22N4S. The molecule has 2 aromatic carbocycles. The van der Waals surface area contributed by atoms with Crippen LogP contribution in [0.1, 0.15) is 22.7 Å². The van der Waals surface area contributed by atoms with Crippen LogP contribution in [-0.2, 0) is 0 Å². The van der Waals surface area contributed by atoms with Gasteiger partial charge >= 0.3 is 0 Å². The summed E-state index contributed by atoms with van der Waals surface area (Å²) in [5, 5.41) is 7.68. The van der Waals surface area contributed by atoms with Gasteiger partial charge in [-0.05, 0) is 41.8 Å². The first kappa shape index (κ1) is 17.5. The molecule has 5 heteroatoms. The van der Waals surface area contributed by atoms with Gasteiger partial charge in [0.05, 0.1) is 11.6 Å². The number of fused-ring (bicyclic) bond motifs is 1. The molecule has 0 saturated heterocycles. The van der Waals surface area contributed by atoms with Crippen molar-refractivity contribution in [2.75, 3.05) is 24.3 Å². The number of anilines is 2. The number of rotatable bonds is 5. The van der Waals surface area contributed by atoms with E-state index in [0.29, 0.717) is 0 Å². The van der Waals surface area contributed by atoms with Crippen molar-refractivity contribution in [3.8, 4) is 0 Å². The van der Waals surface area contributed by atoms with Crippen molar-refractivity contribution < 1.29 is 0 Å². The molecule has 2 aromatic heterocycles. The first-order valence-corrected chi connectivity index (χ1v) is 9.79. The van der Waals surface area contributed by atoms with Crippen LogP contribution in [0.25, 0.3) is 10.9 Å². The molecule has 0 aliphatic heterocycles. The highest BCUT2D eigenvalue weighted by Crippen LogP contribution is 2.33. The number of aryl methyl sites for hydroxylation is 1. The maximum Gasteiger partial charge on any atom is 0.183 e. The molecule has 0 amide bonds. The zero-order valence-electron chi connectivity index (χ0n) is 15.7. The van der Waals surface area contributed by atoms with Gasteiger partial charge in [0.1, 0.15) is 0 Å². The normalized spacial score (nSPS) is 12.1. The van der Waals surface area contributed by atoms with Gasteiger partial charge in [-0.15, -0.1) is 11.3 Å². The summed E-state index contributed by atoms with van der Waals surface area (Å²) in [5.41, 5.74) is 5.84. The highest BCUT2D eigenvalue weighted by Gasteiger charge is 2.19. The highest BCUT2D eigenvalue weighted by molar-refractivity contribution is 7.13. The fourth-order valence-electron chi connectivity index (χ4n) is 3.34. The lowest BCUT2D eigenvalue weighted by Crippen LogP contribution is -2.14. The van der Waals surface area contributed by atoms with Crippen LogP contribution in [0.4, 0.5) is 10.8 Å². The molecule has 0 aliphatic carbocycles. The van der Waals surface area contributed by atoms with E-state index < -0.39 is 0 Å². The van der Waals surface area contributed by atoms with Crippen LogP contribution in [-0.4, -0.2) is 24.1 Å². The second-order valence-electron chi connectivity index (χ2n) is 6.76. The van der Waals surface area contributed by atoms with Crippen LogP contribution in [0.2, 0.25) is 0 Å². The number of hydrogen-bond donors (Lipinski definition) is 1. The summed E-state index contributed by atoms with van der Waals surface area (Å²) in [6.07, 6.45) is 3.68. The second kappa shape index (κ2) is 7.37. The Kier molecular flexibility index (Phi) is 4.77. The quantitative estimate of drug-likeness (QED) is 0.517. The Morgan fingerprint density at radius 2 is 1.78 bits per heavy atom. The van der Waals surface area contributed by atoms with Gasteiger partial charge in [0.25, 0.3) is 0 Å². The van der Waals surface area contributed by atoms with Gasteiger partial charge in [0.15, 0.2) is 5.13 Å². The van der Waals surface area contributed by atoms with Crippen LogP contribution in [0.3, 0.4) is 0 Å². The van der Waals surface area contributed by atoms with Gasteiger partial charge in [-0.1, -0.05) is 30.3 Å². The molecule has 4 rings (SSSR count). The number of pyridine rings is 1. The van der Waals surface area contributed by atoms with Crippen LogP contribution in [0.15, 0.2) is 66.3 Å². The summed E-state index contributed by atoms with van der Waals surface area (Å²) in [7, 11) is 4.11. The third kappa shape index (κ3) is 3.51. The minimum absolute atomic E-state index is 0.0127. The summed E-state index contributed by atoms with van der Waals surface area (Å²) in [6.45, 7) is 2.15. The number of nitrogens with zero attached hydrogens (tertiary/aromatic N) is 3. The Morgan fingerprint density at radius 1 is 0.963 bits per heavy atom. The molecule has 1 unspecified atom stereocenters. The maximum atomic E-state index is 4.60. The van der Waals surface area contributed by atoms with E-state index in [9.17, 15) is 0 Å². The van der Waals surface area contributed by atoms with Crippen LogP contribution in [0.5, 0.6) is 0 Å². The second-order valence-corrected chi connectivity index (χ2v) is 7.65. The average molecular weight is 375 g/mol. The Labute approximate surface area is 163 Å².